The first-order valence-electron chi connectivity index (χ1n) is 28.9. The quantitative estimate of drug-likeness (QED) is 0.113. The second-order valence-electron chi connectivity index (χ2n) is 21.6. The van der Waals surface area contributed by atoms with Crippen molar-refractivity contribution in [3.05, 3.63) is 340 Å². The van der Waals surface area contributed by atoms with Gasteiger partial charge in [0.2, 0.25) is 0 Å². The van der Waals surface area contributed by atoms with E-state index >= 15 is 0 Å². The standard InChI is InChI=1S/C82H56N2/c1-7-25-57(26-8-1)63-49-64(58-27-9-2-10-28-58)52-71(51-63)83(67-37-15-5-16-38-67)69-45-47-77-79(55-69)81(75-43-23-35-61-33-19-21-41-73(61)75)78-48-46-70(56-80(78)82(77)76-44-24-36-62-34-20-22-42-74(62)76)84(68-39-17-6-18-40-68)72-53-65(59-29-11-3-12-30-59)50-66(54-72)60-31-13-4-14-32-60/h1-56H. The van der Waals surface area contributed by atoms with Gasteiger partial charge in [0, 0.05) is 34.1 Å². The van der Waals surface area contributed by atoms with Crippen LogP contribution in [0.25, 0.3) is 110 Å². The third-order valence-corrected chi connectivity index (χ3v) is 16.5. The highest BCUT2D eigenvalue weighted by molar-refractivity contribution is 6.26. The maximum Gasteiger partial charge on any atom is 0.0473 e. The predicted octanol–water partition coefficient (Wildman–Crippen LogP) is 23.2. The molecule has 0 aromatic heterocycles. The lowest BCUT2D eigenvalue weighted by Crippen LogP contribution is -2.11. The third-order valence-electron chi connectivity index (χ3n) is 16.5. The highest BCUT2D eigenvalue weighted by Crippen LogP contribution is 2.51. The van der Waals surface area contributed by atoms with Crippen LogP contribution in [0.4, 0.5) is 34.1 Å². The number of nitrogens with zero attached hydrogens (tertiary/aromatic N) is 2. The van der Waals surface area contributed by atoms with Crippen LogP contribution in [0.2, 0.25) is 0 Å². The van der Waals surface area contributed by atoms with Crippen LogP contribution in [0.3, 0.4) is 0 Å². The molecule has 0 saturated carbocycles. The van der Waals surface area contributed by atoms with Crippen LogP contribution in [0, 0.1) is 0 Å². The second-order valence-corrected chi connectivity index (χ2v) is 21.6. The molecule has 15 aromatic carbocycles. The van der Waals surface area contributed by atoms with Crippen molar-refractivity contribution in [2.75, 3.05) is 9.80 Å². The van der Waals surface area contributed by atoms with Crippen molar-refractivity contribution in [2.45, 2.75) is 0 Å². The fraction of sp³-hybridized carbons (Fsp3) is 0. The summed E-state index contributed by atoms with van der Waals surface area (Å²) in [5.41, 5.74) is 20.4. The number of hydrogen-bond donors (Lipinski definition) is 0. The fourth-order valence-corrected chi connectivity index (χ4v) is 12.7. The van der Waals surface area contributed by atoms with Gasteiger partial charge in [0.1, 0.15) is 0 Å². The van der Waals surface area contributed by atoms with Crippen LogP contribution >= 0.6 is 0 Å². The van der Waals surface area contributed by atoms with Gasteiger partial charge in [0.25, 0.3) is 0 Å². The van der Waals surface area contributed by atoms with Crippen LogP contribution in [0.15, 0.2) is 340 Å². The van der Waals surface area contributed by atoms with Gasteiger partial charge >= 0.3 is 0 Å². The molecule has 0 aliphatic carbocycles. The minimum Gasteiger partial charge on any atom is -0.310 e. The normalized spacial score (nSPS) is 11.3. The molecule has 0 radical (unpaired) electrons. The Bertz CT molecular complexity index is 4430. The van der Waals surface area contributed by atoms with Crippen LogP contribution in [0.1, 0.15) is 0 Å². The first-order chi connectivity index (χ1) is 41.7. The van der Waals surface area contributed by atoms with Crippen LogP contribution in [0.5, 0.6) is 0 Å². The smallest absolute Gasteiger partial charge is 0.0473 e. The average Bonchev–Trinajstić information content (AvgIpc) is 1.97. The molecule has 0 fully saturated rings. The van der Waals surface area contributed by atoms with Crippen molar-refractivity contribution in [1.29, 1.82) is 0 Å². The Hall–Kier alpha value is -11.1. The molecule has 84 heavy (non-hydrogen) atoms. The van der Waals surface area contributed by atoms with Crippen LogP contribution < -0.4 is 9.80 Å². The predicted molar refractivity (Wildman–Crippen MR) is 358 cm³/mol. The van der Waals surface area contributed by atoms with Crippen molar-refractivity contribution < 1.29 is 0 Å². The Morgan fingerprint density at radius 2 is 0.452 bits per heavy atom. The van der Waals surface area contributed by atoms with E-state index in [-0.39, 0.29) is 0 Å². The number of para-hydroxylation sites is 2. The highest BCUT2D eigenvalue weighted by atomic mass is 15.1. The molecular formula is C82H56N2. The van der Waals surface area contributed by atoms with Gasteiger partial charge in [0.05, 0.1) is 0 Å². The lowest BCUT2D eigenvalue weighted by Gasteiger charge is -2.29. The molecule has 15 aromatic rings. The Labute approximate surface area is 490 Å². The number of rotatable bonds is 12. The number of fused-ring (bicyclic) bond motifs is 4. The molecule has 0 heterocycles. The zero-order valence-corrected chi connectivity index (χ0v) is 46.2. The molecule has 2 heteroatoms. The lowest BCUT2D eigenvalue weighted by atomic mass is 9.83. The molecule has 0 unspecified atom stereocenters. The molecule has 0 aliphatic heterocycles. The summed E-state index contributed by atoms with van der Waals surface area (Å²) < 4.78 is 0. The van der Waals surface area contributed by atoms with Crippen molar-refractivity contribution >= 4 is 77.2 Å². The summed E-state index contributed by atoms with van der Waals surface area (Å²) in [5, 5.41) is 9.47. The van der Waals surface area contributed by atoms with E-state index in [1.165, 1.54) is 87.6 Å². The first kappa shape index (κ1) is 49.9. The van der Waals surface area contributed by atoms with E-state index in [9.17, 15) is 0 Å². The molecule has 2 nitrogen and oxygen atoms in total. The van der Waals surface area contributed by atoms with Crippen LogP contribution in [-0.2, 0) is 0 Å². The van der Waals surface area contributed by atoms with Gasteiger partial charge < -0.3 is 9.80 Å². The number of hydrogen-bond acceptors (Lipinski definition) is 2. The molecule has 0 N–H and O–H groups in total. The van der Waals surface area contributed by atoms with E-state index in [0.717, 1.165) is 56.4 Å². The Kier molecular flexibility index (Phi) is 12.9. The zero-order valence-electron chi connectivity index (χ0n) is 46.2. The maximum absolute atomic E-state index is 2.47. The minimum atomic E-state index is 1.06. The van der Waals surface area contributed by atoms with E-state index in [1.54, 1.807) is 0 Å². The molecule has 0 spiro atoms. The summed E-state index contributed by atoms with van der Waals surface area (Å²) in [6.45, 7) is 0. The monoisotopic (exact) mass is 1070 g/mol. The van der Waals surface area contributed by atoms with Crippen molar-refractivity contribution in [1.82, 2.24) is 0 Å². The lowest BCUT2D eigenvalue weighted by molar-refractivity contribution is 1.29. The molecule has 0 amide bonds. The van der Waals surface area contributed by atoms with Gasteiger partial charge in [-0.3, -0.25) is 0 Å². The Morgan fingerprint density at radius 3 is 0.798 bits per heavy atom. The number of benzene rings is 15. The van der Waals surface area contributed by atoms with Crippen molar-refractivity contribution in [3.63, 3.8) is 0 Å². The van der Waals surface area contributed by atoms with Gasteiger partial charge in [-0.2, -0.15) is 0 Å². The maximum atomic E-state index is 2.47. The Balaban J connectivity index is 1.05. The summed E-state index contributed by atoms with van der Waals surface area (Å²) in [4.78, 5) is 4.89. The number of anilines is 6. The van der Waals surface area contributed by atoms with Gasteiger partial charge in [-0.1, -0.05) is 255 Å². The molecular weight excluding hydrogens is 1010 g/mol. The summed E-state index contributed by atoms with van der Waals surface area (Å²) in [6.07, 6.45) is 0. The molecule has 394 valence electrons. The van der Waals surface area contributed by atoms with Crippen molar-refractivity contribution in [3.8, 4) is 66.8 Å². The SMILES string of the molecule is c1ccc(-c2cc(-c3ccccc3)cc(N(c3ccccc3)c3ccc4c(-c5cccc6ccccc56)c5cc(N(c6ccccc6)c6cc(-c7ccccc7)cc(-c7ccccc7)c6)ccc5c(-c5cccc6ccccc56)c4c3)c2)cc1. The average molecular weight is 1070 g/mol. The van der Waals surface area contributed by atoms with Gasteiger partial charge in [-0.05, 0) is 195 Å². The molecule has 0 bridgehead atoms. The topological polar surface area (TPSA) is 6.48 Å². The van der Waals surface area contributed by atoms with E-state index < -0.39 is 0 Å². The van der Waals surface area contributed by atoms with Gasteiger partial charge in [-0.25, -0.2) is 0 Å². The second kappa shape index (κ2) is 21.8. The zero-order chi connectivity index (χ0) is 55.8. The Morgan fingerprint density at radius 1 is 0.155 bits per heavy atom. The van der Waals surface area contributed by atoms with E-state index in [4.69, 9.17) is 0 Å². The highest BCUT2D eigenvalue weighted by Gasteiger charge is 2.25. The summed E-state index contributed by atoms with van der Waals surface area (Å²) in [7, 11) is 0. The summed E-state index contributed by atoms with van der Waals surface area (Å²) in [6, 6.07) is 125. The van der Waals surface area contributed by atoms with Crippen molar-refractivity contribution in [2.24, 2.45) is 0 Å². The van der Waals surface area contributed by atoms with Gasteiger partial charge in [-0.15, -0.1) is 0 Å². The minimum absolute atomic E-state index is 1.06. The summed E-state index contributed by atoms with van der Waals surface area (Å²) >= 11 is 0. The first-order valence-corrected chi connectivity index (χ1v) is 28.9. The molecule has 0 atom stereocenters. The molecule has 15 rings (SSSR count). The van der Waals surface area contributed by atoms with Gasteiger partial charge in [0.15, 0.2) is 0 Å². The largest absolute Gasteiger partial charge is 0.310 e. The van der Waals surface area contributed by atoms with E-state index in [1.807, 2.05) is 0 Å². The third kappa shape index (κ3) is 9.32. The van der Waals surface area contributed by atoms with Crippen LogP contribution in [-0.4, -0.2) is 0 Å². The fourth-order valence-electron chi connectivity index (χ4n) is 12.7. The van der Waals surface area contributed by atoms with E-state index in [2.05, 4.69) is 350 Å². The summed E-state index contributed by atoms with van der Waals surface area (Å²) in [5.74, 6) is 0. The molecule has 0 aliphatic rings. The van der Waals surface area contributed by atoms with E-state index in [0.29, 0.717) is 0 Å². The molecule has 0 saturated heterocycles.